The van der Waals surface area contributed by atoms with Crippen LogP contribution >= 0.6 is 22.6 Å². The van der Waals surface area contributed by atoms with Crippen LogP contribution in [0.1, 0.15) is 11.4 Å². The van der Waals surface area contributed by atoms with Gasteiger partial charge in [-0.1, -0.05) is 0 Å². The average molecular weight is 343 g/mol. The number of aromatic nitrogens is 4. The van der Waals surface area contributed by atoms with E-state index in [-0.39, 0.29) is 5.56 Å². The molecule has 0 fully saturated rings. The zero-order valence-electron chi connectivity index (χ0n) is 9.09. The van der Waals surface area contributed by atoms with E-state index < -0.39 is 0 Å². The number of halogens is 1. The molecule has 17 heavy (non-hydrogen) atoms. The average Bonchev–Trinajstić information content (AvgIpc) is 2.33. The van der Waals surface area contributed by atoms with Gasteiger partial charge in [0.25, 0.3) is 5.56 Å². The van der Waals surface area contributed by atoms with Gasteiger partial charge in [0.05, 0.1) is 40.2 Å². The predicted octanol–water partition coefficient (Wildman–Crippen LogP) is 0.577. The van der Waals surface area contributed by atoms with Crippen LogP contribution in [-0.4, -0.2) is 19.5 Å². The van der Waals surface area contributed by atoms with Crippen molar-refractivity contribution in [2.45, 2.75) is 13.5 Å². The highest BCUT2D eigenvalue weighted by Crippen LogP contribution is 2.03. The molecule has 0 spiro atoms. The van der Waals surface area contributed by atoms with Crippen LogP contribution in [0.3, 0.4) is 0 Å². The molecule has 0 bridgehead atoms. The van der Waals surface area contributed by atoms with Crippen molar-refractivity contribution in [2.24, 2.45) is 0 Å². The van der Waals surface area contributed by atoms with Gasteiger partial charge in [0.2, 0.25) is 0 Å². The lowest BCUT2D eigenvalue weighted by atomic mass is 10.4. The monoisotopic (exact) mass is 343 g/mol. The highest BCUT2D eigenvalue weighted by Gasteiger charge is 2.06. The molecule has 0 amide bonds. The summed E-state index contributed by atoms with van der Waals surface area (Å²) in [6, 6.07) is 0. The maximum atomic E-state index is 11.9. The molecular formula is C10H10IN5O. The number of aryl methyl sites for hydroxylation is 1. The summed E-state index contributed by atoms with van der Waals surface area (Å²) in [6.07, 6.45) is 4.53. The second-order valence-electron chi connectivity index (χ2n) is 3.51. The zero-order chi connectivity index (χ0) is 12.4. The first-order valence-corrected chi connectivity index (χ1v) is 5.93. The molecule has 0 unspecified atom stereocenters. The molecule has 0 saturated heterocycles. The lowest BCUT2D eigenvalue weighted by molar-refractivity contribution is 0.705. The fourth-order valence-corrected chi connectivity index (χ4v) is 1.73. The van der Waals surface area contributed by atoms with Gasteiger partial charge in [-0.15, -0.1) is 0 Å². The molecule has 2 aromatic heterocycles. The van der Waals surface area contributed by atoms with Crippen LogP contribution in [0.2, 0.25) is 0 Å². The van der Waals surface area contributed by atoms with E-state index in [4.69, 9.17) is 5.73 Å². The van der Waals surface area contributed by atoms with Crippen molar-refractivity contribution in [3.05, 3.63) is 44.0 Å². The number of anilines is 1. The van der Waals surface area contributed by atoms with E-state index in [2.05, 4.69) is 15.0 Å². The topological polar surface area (TPSA) is 86.7 Å². The highest BCUT2D eigenvalue weighted by molar-refractivity contribution is 14.1. The van der Waals surface area contributed by atoms with Crippen LogP contribution in [0.25, 0.3) is 0 Å². The molecule has 0 aromatic carbocycles. The first-order chi connectivity index (χ1) is 8.08. The van der Waals surface area contributed by atoms with Gasteiger partial charge in [-0.2, -0.15) is 0 Å². The third kappa shape index (κ3) is 2.60. The van der Waals surface area contributed by atoms with E-state index in [1.54, 1.807) is 13.1 Å². The Balaban J connectivity index is 2.34. The van der Waals surface area contributed by atoms with Gasteiger partial charge < -0.3 is 5.73 Å². The van der Waals surface area contributed by atoms with Crippen LogP contribution < -0.4 is 11.3 Å². The second kappa shape index (κ2) is 4.78. The first kappa shape index (κ1) is 12.0. The van der Waals surface area contributed by atoms with E-state index in [9.17, 15) is 4.79 Å². The van der Waals surface area contributed by atoms with E-state index in [1.807, 2.05) is 22.6 Å². The number of hydrogen-bond donors (Lipinski definition) is 1. The molecule has 0 aliphatic rings. The Kier molecular flexibility index (Phi) is 3.36. The maximum Gasteiger partial charge on any atom is 0.267 e. The third-order valence-electron chi connectivity index (χ3n) is 2.21. The van der Waals surface area contributed by atoms with Crippen LogP contribution in [0.15, 0.2) is 23.5 Å². The largest absolute Gasteiger partial charge is 0.382 e. The standard InChI is InChI=1S/C10H10IN5O/c1-6-9(11)10(17)16(5-15-6)4-7-2-14-8(12)3-13-7/h2-3,5H,4H2,1H3,(H2,12,14). The lowest BCUT2D eigenvalue weighted by Crippen LogP contribution is -2.25. The Morgan fingerprint density at radius 3 is 2.76 bits per heavy atom. The van der Waals surface area contributed by atoms with E-state index in [0.717, 1.165) is 5.69 Å². The summed E-state index contributed by atoms with van der Waals surface area (Å²) < 4.78 is 2.11. The van der Waals surface area contributed by atoms with Crippen molar-refractivity contribution in [3.63, 3.8) is 0 Å². The summed E-state index contributed by atoms with van der Waals surface area (Å²) in [5.74, 6) is 0.359. The lowest BCUT2D eigenvalue weighted by Gasteiger charge is -2.06. The van der Waals surface area contributed by atoms with Gasteiger partial charge in [-0.3, -0.25) is 14.3 Å². The number of hydrogen-bond acceptors (Lipinski definition) is 5. The Labute approximate surface area is 111 Å². The summed E-state index contributed by atoms with van der Waals surface area (Å²) in [5.41, 5.74) is 6.77. The van der Waals surface area contributed by atoms with E-state index in [0.29, 0.717) is 21.6 Å². The first-order valence-electron chi connectivity index (χ1n) is 4.86. The molecule has 88 valence electrons. The molecule has 0 saturated carbocycles. The summed E-state index contributed by atoms with van der Waals surface area (Å²) in [6.45, 7) is 2.14. The maximum absolute atomic E-state index is 11.9. The van der Waals surface area contributed by atoms with Crippen LogP contribution in [0.4, 0.5) is 5.82 Å². The SMILES string of the molecule is Cc1ncn(Cc2cnc(N)cn2)c(=O)c1I. The van der Waals surface area contributed by atoms with E-state index >= 15 is 0 Å². The minimum absolute atomic E-state index is 0.0725. The Hall–Kier alpha value is -1.51. The molecule has 0 atom stereocenters. The molecule has 6 nitrogen and oxygen atoms in total. The van der Waals surface area contributed by atoms with Crippen molar-refractivity contribution >= 4 is 28.4 Å². The Morgan fingerprint density at radius 2 is 2.12 bits per heavy atom. The second-order valence-corrected chi connectivity index (χ2v) is 4.59. The van der Waals surface area contributed by atoms with Gasteiger partial charge in [0, 0.05) is 0 Å². The van der Waals surface area contributed by atoms with Crippen molar-refractivity contribution in [2.75, 3.05) is 5.73 Å². The molecule has 0 aliphatic heterocycles. The predicted molar refractivity (Wildman–Crippen MR) is 71.5 cm³/mol. The molecule has 2 aromatic rings. The molecule has 7 heteroatoms. The smallest absolute Gasteiger partial charge is 0.267 e. The van der Waals surface area contributed by atoms with Gasteiger partial charge in [-0.25, -0.2) is 9.97 Å². The van der Waals surface area contributed by atoms with Crippen LogP contribution in [-0.2, 0) is 6.54 Å². The summed E-state index contributed by atoms with van der Waals surface area (Å²) in [4.78, 5) is 24.1. The zero-order valence-corrected chi connectivity index (χ0v) is 11.2. The van der Waals surface area contributed by atoms with Gasteiger partial charge >= 0.3 is 0 Å². The molecule has 2 heterocycles. The minimum atomic E-state index is -0.0725. The Morgan fingerprint density at radius 1 is 1.35 bits per heavy atom. The van der Waals surface area contributed by atoms with Crippen molar-refractivity contribution in [1.29, 1.82) is 0 Å². The van der Waals surface area contributed by atoms with Crippen molar-refractivity contribution in [3.8, 4) is 0 Å². The Bertz CT molecular complexity index is 593. The minimum Gasteiger partial charge on any atom is -0.382 e. The van der Waals surface area contributed by atoms with Gasteiger partial charge in [-0.05, 0) is 29.5 Å². The summed E-state index contributed by atoms with van der Waals surface area (Å²) in [7, 11) is 0. The van der Waals surface area contributed by atoms with Crippen LogP contribution in [0, 0.1) is 10.5 Å². The summed E-state index contributed by atoms with van der Waals surface area (Å²) in [5, 5.41) is 0. The molecule has 2 rings (SSSR count). The van der Waals surface area contributed by atoms with Gasteiger partial charge in [0.1, 0.15) is 5.82 Å². The quantitative estimate of drug-likeness (QED) is 0.806. The number of nitrogens with two attached hydrogens (primary N) is 1. The number of rotatable bonds is 2. The fourth-order valence-electron chi connectivity index (χ4n) is 1.28. The normalized spacial score (nSPS) is 10.5. The van der Waals surface area contributed by atoms with Gasteiger partial charge in [0.15, 0.2) is 0 Å². The van der Waals surface area contributed by atoms with Crippen LogP contribution in [0.5, 0.6) is 0 Å². The number of nitrogens with zero attached hydrogens (tertiary/aromatic N) is 4. The fraction of sp³-hybridized carbons (Fsp3) is 0.200. The molecule has 2 N–H and O–H groups in total. The van der Waals surface area contributed by atoms with Crippen molar-refractivity contribution < 1.29 is 0 Å². The molecule has 0 aliphatic carbocycles. The molecular weight excluding hydrogens is 333 g/mol. The third-order valence-corrected chi connectivity index (χ3v) is 3.46. The number of nitrogen functional groups attached to an aromatic ring is 1. The van der Waals surface area contributed by atoms with E-state index in [1.165, 1.54) is 17.1 Å². The summed E-state index contributed by atoms with van der Waals surface area (Å²) >= 11 is 1.99. The van der Waals surface area contributed by atoms with Crippen molar-refractivity contribution in [1.82, 2.24) is 19.5 Å². The highest BCUT2D eigenvalue weighted by atomic mass is 127. The molecule has 0 radical (unpaired) electrons.